The highest BCUT2D eigenvalue weighted by molar-refractivity contribution is 7.22. The fourth-order valence-electron chi connectivity index (χ4n) is 1.10. The van der Waals surface area contributed by atoms with Gasteiger partial charge in [-0.25, -0.2) is 9.37 Å². The van der Waals surface area contributed by atoms with Crippen molar-refractivity contribution < 1.29 is 9.18 Å². The zero-order chi connectivity index (χ0) is 10.1. The number of amides is 1. The molecule has 72 valence electrons. The summed E-state index contributed by atoms with van der Waals surface area (Å²) in [6, 6.07) is 4.36. The van der Waals surface area contributed by atoms with Gasteiger partial charge in [0.05, 0.1) is 10.2 Å². The summed E-state index contributed by atoms with van der Waals surface area (Å²) in [5.74, 6) is -0.498. The SMILES string of the molecule is CC(=O)Nc1nc2cc(F)ccc2s1. The number of carbonyl (C=O) groups excluding carboxylic acids is 1. The number of halogens is 1. The summed E-state index contributed by atoms with van der Waals surface area (Å²) in [4.78, 5) is 14.8. The van der Waals surface area contributed by atoms with Crippen LogP contribution in [0, 0.1) is 5.82 Å². The number of benzene rings is 1. The first-order valence-corrected chi connectivity index (χ1v) is 4.80. The second kappa shape index (κ2) is 3.34. The molecule has 3 nitrogen and oxygen atoms in total. The topological polar surface area (TPSA) is 42.0 Å². The van der Waals surface area contributed by atoms with Crippen LogP contribution in [-0.4, -0.2) is 10.9 Å². The van der Waals surface area contributed by atoms with E-state index in [-0.39, 0.29) is 11.7 Å². The molecule has 2 rings (SSSR count). The van der Waals surface area contributed by atoms with Crippen LogP contribution in [0.1, 0.15) is 6.92 Å². The molecule has 1 heterocycles. The average molecular weight is 210 g/mol. The van der Waals surface area contributed by atoms with Gasteiger partial charge in [0.1, 0.15) is 5.82 Å². The minimum Gasteiger partial charge on any atom is -0.302 e. The van der Waals surface area contributed by atoms with Crippen molar-refractivity contribution in [3.05, 3.63) is 24.0 Å². The smallest absolute Gasteiger partial charge is 0.223 e. The number of fused-ring (bicyclic) bond motifs is 1. The molecule has 1 aromatic heterocycles. The van der Waals surface area contributed by atoms with Crippen LogP contribution in [0.4, 0.5) is 9.52 Å². The van der Waals surface area contributed by atoms with E-state index in [0.29, 0.717) is 10.6 Å². The molecule has 0 fully saturated rings. The lowest BCUT2D eigenvalue weighted by molar-refractivity contribution is -0.114. The van der Waals surface area contributed by atoms with E-state index >= 15 is 0 Å². The number of aromatic nitrogens is 1. The van der Waals surface area contributed by atoms with E-state index in [1.165, 1.54) is 30.4 Å². The quantitative estimate of drug-likeness (QED) is 0.785. The molecule has 5 heteroatoms. The van der Waals surface area contributed by atoms with Gasteiger partial charge >= 0.3 is 0 Å². The molecule has 0 aliphatic carbocycles. The lowest BCUT2D eigenvalue weighted by Gasteiger charge is -1.91. The molecule has 0 aliphatic rings. The molecule has 14 heavy (non-hydrogen) atoms. The number of nitrogens with one attached hydrogen (secondary N) is 1. The molecular formula is C9H7FN2OS. The first-order chi connectivity index (χ1) is 6.65. The summed E-state index contributed by atoms with van der Waals surface area (Å²) in [7, 11) is 0. The molecule has 0 atom stereocenters. The molecule has 2 aromatic rings. The van der Waals surface area contributed by atoms with Crippen LogP contribution < -0.4 is 5.32 Å². The van der Waals surface area contributed by atoms with Gasteiger partial charge in [0.2, 0.25) is 5.91 Å². The standard InChI is InChI=1S/C9H7FN2OS/c1-5(13)11-9-12-7-4-6(10)2-3-8(7)14-9/h2-4H,1H3,(H,11,12,13). The van der Waals surface area contributed by atoms with Crippen molar-refractivity contribution in [3.8, 4) is 0 Å². The van der Waals surface area contributed by atoms with Crippen molar-refractivity contribution in [1.82, 2.24) is 4.98 Å². The number of hydrogen-bond donors (Lipinski definition) is 1. The third kappa shape index (κ3) is 1.72. The van der Waals surface area contributed by atoms with Gasteiger partial charge in [0.15, 0.2) is 5.13 Å². The lowest BCUT2D eigenvalue weighted by atomic mass is 10.3. The van der Waals surface area contributed by atoms with Gasteiger partial charge in [-0.05, 0) is 12.1 Å². The van der Waals surface area contributed by atoms with E-state index in [4.69, 9.17) is 0 Å². The summed E-state index contributed by atoms with van der Waals surface area (Å²) in [5.41, 5.74) is 0.568. The maximum atomic E-state index is 12.8. The van der Waals surface area contributed by atoms with E-state index in [1.807, 2.05) is 0 Å². The van der Waals surface area contributed by atoms with Crippen molar-refractivity contribution in [2.24, 2.45) is 0 Å². The van der Waals surface area contributed by atoms with Gasteiger partial charge < -0.3 is 5.32 Å². The predicted octanol–water partition coefficient (Wildman–Crippen LogP) is 2.39. The van der Waals surface area contributed by atoms with E-state index < -0.39 is 0 Å². The molecular weight excluding hydrogens is 203 g/mol. The van der Waals surface area contributed by atoms with Crippen molar-refractivity contribution in [2.45, 2.75) is 6.92 Å². The number of rotatable bonds is 1. The zero-order valence-corrected chi connectivity index (χ0v) is 8.19. The van der Waals surface area contributed by atoms with Crippen LogP contribution in [0.15, 0.2) is 18.2 Å². The van der Waals surface area contributed by atoms with E-state index in [2.05, 4.69) is 10.3 Å². The Kier molecular flexibility index (Phi) is 2.17. The highest BCUT2D eigenvalue weighted by atomic mass is 32.1. The molecule has 1 amide bonds. The molecule has 0 aliphatic heterocycles. The predicted molar refractivity (Wildman–Crippen MR) is 53.9 cm³/mol. The zero-order valence-electron chi connectivity index (χ0n) is 7.37. The van der Waals surface area contributed by atoms with E-state index in [0.717, 1.165) is 4.70 Å². The molecule has 0 unspecified atom stereocenters. The summed E-state index contributed by atoms with van der Waals surface area (Å²) in [6.45, 7) is 1.41. The number of nitrogens with zero attached hydrogens (tertiary/aromatic N) is 1. The summed E-state index contributed by atoms with van der Waals surface area (Å²) in [5, 5.41) is 3.06. The third-order valence-electron chi connectivity index (χ3n) is 1.63. The molecule has 1 N–H and O–H groups in total. The summed E-state index contributed by atoms with van der Waals surface area (Å²) < 4.78 is 13.6. The van der Waals surface area contributed by atoms with Gasteiger partial charge in [-0.2, -0.15) is 0 Å². The molecule has 1 aromatic carbocycles. The Morgan fingerprint density at radius 3 is 3.07 bits per heavy atom. The molecule has 0 saturated heterocycles. The summed E-state index contributed by atoms with van der Waals surface area (Å²) >= 11 is 1.32. The fourth-order valence-corrected chi connectivity index (χ4v) is 2.00. The normalized spacial score (nSPS) is 10.4. The van der Waals surface area contributed by atoms with Crippen LogP contribution in [-0.2, 0) is 4.79 Å². The Hall–Kier alpha value is -1.49. The molecule has 0 radical (unpaired) electrons. The number of carbonyl (C=O) groups is 1. The van der Waals surface area contributed by atoms with Gasteiger partial charge in [-0.3, -0.25) is 4.79 Å². The largest absolute Gasteiger partial charge is 0.302 e. The van der Waals surface area contributed by atoms with Crippen molar-refractivity contribution in [2.75, 3.05) is 5.32 Å². The molecule has 0 spiro atoms. The number of thiazole rings is 1. The Bertz CT molecular complexity index is 495. The van der Waals surface area contributed by atoms with Gasteiger partial charge in [-0.1, -0.05) is 11.3 Å². The van der Waals surface area contributed by atoms with Crippen molar-refractivity contribution in [1.29, 1.82) is 0 Å². The van der Waals surface area contributed by atoms with Crippen LogP contribution in [0.5, 0.6) is 0 Å². The monoisotopic (exact) mass is 210 g/mol. The van der Waals surface area contributed by atoms with Crippen molar-refractivity contribution >= 4 is 32.6 Å². The second-order valence-electron chi connectivity index (χ2n) is 2.81. The Morgan fingerprint density at radius 2 is 2.36 bits per heavy atom. The average Bonchev–Trinajstić information content (AvgIpc) is 2.44. The van der Waals surface area contributed by atoms with E-state index in [9.17, 15) is 9.18 Å². The lowest BCUT2D eigenvalue weighted by Crippen LogP contribution is -2.04. The minimum absolute atomic E-state index is 0.176. The summed E-state index contributed by atoms with van der Waals surface area (Å²) in [6.07, 6.45) is 0. The number of anilines is 1. The Balaban J connectivity index is 2.46. The highest BCUT2D eigenvalue weighted by Gasteiger charge is 2.05. The first-order valence-electron chi connectivity index (χ1n) is 3.99. The van der Waals surface area contributed by atoms with Crippen molar-refractivity contribution in [3.63, 3.8) is 0 Å². The van der Waals surface area contributed by atoms with E-state index in [1.54, 1.807) is 6.07 Å². The molecule has 0 saturated carbocycles. The third-order valence-corrected chi connectivity index (χ3v) is 2.58. The van der Waals surface area contributed by atoms with Crippen LogP contribution in [0.2, 0.25) is 0 Å². The maximum absolute atomic E-state index is 12.8. The Labute approximate surface area is 83.6 Å². The van der Waals surface area contributed by atoms with Gasteiger partial charge in [-0.15, -0.1) is 0 Å². The Morgan fingerprint density at radius 1 is 1.57 bits per heavy atom. The number of hydrogen-bond acceptors (Lipinski definition) is 3. The first kappa shape index (κ1) is 9.08. The highest BCUT2D eigenvalue weighted by Crippen LogP contribution is 2.26. The van der Waals surface area contributed by atoms with Gasteiger partial charge in [0, 0.05) is 13.0 Å². The second-order valence-corrected chi connectivity index (χ2v) is 3.84. The molecule has 0 bridgehead atoms. The fraction of sp³-hybridized carbons (Fsp3) is 0.111. The van der Waals surface area contributed by atoms with Crippen LogP contribution >= 0.6 is 11.3 Å². The van der Waals surface area contributed by atoms with Crippen LogP contribution in [0.25, 0.3) is 10.2 Å². The van der Waals surface area contributed by atoms with Gasteiger partial charge in [0.25, 0.3) is 0 Å². The maximum Gasteiger partial charge on any atom is 0.223 e. The van der Waals surface area contributed by atoms with Crippen LogP contribution in [0.3, 0.4) is 0 Å². The minimum atomic E-state index is -0.322.